The summed E-state index contributed by atoms with van der Waals surface area (Å²) < 4.78 is 11.2. The monoisotopic (exact) mass is 385 g/mol. The number of para-hydroxylation sites is 1. The van der Waals surface area contributed by atoms with Gasteiger partial charge in [0, 0.05) is 5.56 Å². The molecule has 1 fully saturated rings. The molecule has 0 N–H and O–H groups in total. The van der Waals surface area contributed by atoms with E-state index in [0.717, 1.165) is 22.4 Å². The fraction of sp³-hybridized carbons (Fsp3) is 0.200. The van der Waals surface area contributed by atoms with Crippen LogP contribution in [-0.4, -0.2) is 24.4 Å². The quantitative estimate of drug-likeness (QED) is 0.562. The Kier molecular flexibility index (Phi) is 5.34. The average Bonchev–Trinajstić information content (AvgIpc) is 2.89. The van der Waals surface area contributed by atoms with E-state index < -0.39 is 0 Å². The van der Waals surface area contributed by atoms with E-state index in [0.29, 0.717) is 20.7 Å². The number of anilines is 1. The molecule has 1 amide bonds. The molecule has 134 valence electrons. The topological polar surface area (TPSA) is 38.8 Å². The molecule has 0 aliphatic carbocycles. The Balaban J connectivity index is 2.03. The molecular formula is C20H19NO3S2. The van der Waals surface area contributed by atoms with Crippen LogP contribution in [0.15, 0.2) is 41.3 Å². The number of thiocarbonyl (C=S) groups is 1. The van der Waals surface area contributed by atoms with E-state index in [1.54, 1.807) is 25.2 Å². The van der Waals surface area contributed by atoms with Gasteiger partial charge in [0.2, 0.25) is 0 Å². The Morgan fingerprint density at radius 1 is 1.08 bits per heavy atom. The van der Waals surface area contributed by atoms with Gasteiger partial charge >= 0.3 is 0 Å². The Morgan fingerprint density at radius 3 is 2.38 bits per heavy atom. The zero-order chi connectivity index (χ0) is 18.8. The van der Waals surface area contributed by atoms with Gasteiger partial charge in [0.25, 0.3) is 5.91 Å². The van der Waals surface area contributed by atoms with E-state index in [9.17, 15) is 4.79 Å². The minimum absolute atomic E-state index is 0.123. The summed E-state index contributed by atoms with van der Waals surface area (Å²) in [5.74, 6) is 1.24. The van der Waals surface area contributed by atoms with Crippen LogP contribution in [0, 0.1) is 13.8 Å². The number of carbonyl (C=O) groups is 1. The van der Waals surface area contributed by atoms with Crippen LogP contribution in [0.4, 0.5) is 5.69 Å². The molecule has 3 rings (SSSR count). The molecule has 2 aromatic carbocycles. The third-order valence-corrected chi connectivity index (χ3v) is 5.48. The average molecular weight is 386 g/mol. The third kappa shape index (κ3) is 3.34. The maximum atomic E-state index is 13.1. The number of thioether (sulfide) groups is 1. The first-order valence-electron chi connectivity index (χ1n) is 8.02. The van der Waals surface area contributed by atoms with Crippen LogP contribution in [0.5, 0.6) is 11.5 Å². The highest BCUT2D eigenvalue weighted by Crippen LogP contribution is 2.39. The first-order valence-corrected chi connectivity index (χ1v) is 9.25. The Hall–Kier alpha value is -2.31. The van der Waals surface area contributed by atoms with Gasteiger partial charge < -0.3 is 9.47 Å². The number of hydrogen-bond donors (Lipinski definition) is 0. The summed E-state index contributed by atoms with van der Waals surface area (Å²) in [6.45, 7) is 3.96. The Labute approximate surface area is 162 Å². The van der Waals surface area contributed by atoms with Gasteiger partial charge in [-0.3, -0.25) is 9.69 Å². The lowest BCUT2D eigenvalue weighted by Gasteiger charge is -2.19. The highest BCUT2D eigenvalue weighted by molar-refractivity contribution is 8.27. The van der Waals surface area contributed by atoms with Crippen molar-refractivity contribution in [2.45, 2.75) is 13.8 Å². The standard InChI is InChI=1S/C20H19NO3S2/c1-12-6-5-7-13(2)18(12)21-19(22)17(26-20(21)25)11-14-10-15(23-3)8-9-16(14)24-4/h5-11H,1-4H3/b17-11-. The summed E-state index contributed by atoms with van der Waals surface area (Å²) >= 11 is 6.79. The molecule has 1 aliphatic rings. The lowest BCUT2D eigenvalue weighted by molar-refractivity contribution is -0.113. The largest absolute Gasteiger partial charge is 0.497 e. The second-order valence-corrected chi connectivity index (χ2v) is 7.54. The van der Waals surface area contributed by atoms with Crippen molar-refractivity contribution in [2.75, 3.05) is 19.1 Å². The molecule has 0 radical (unpaired) electrons. The van der Waals surface area contributed by atoms with Crippen LogP contribution >= 0.6 is 24.0 Å². The Morgan fingerprint density at radius 2 is 1.77 bits per heavy atom. The molecular weight excluding hydrogens is 366 g/mol. The molecule has 1 aliphatic heterocycles. The van der Waals surface area contributed by atoms with E-state index in [4.69, 9.17) is 21.7 Å². The molecule has 0 aromatic heterocycles. The van der Waals surface area contributed by atoms with E-state index in [1.165, 1.54) is 11.8 Å². The van der Waals surface area contributed by atoms with Gasteiger partial charge in [0.05, 0.1) is 24.8 Å². The zero-order valence-corrected chi connectivity index (χ0v) is 16.7. The molecule has 1 saturated heterocycles. The molecule has 0 saturated carbocycles. The molecule has 4 nitrogen and oxygen atoms in total. The predicted octanol–water partition coefficient (Wildman–Crippen LogP) is 4.73. The van der Waals surface area contributed by atoms with E-state index in [2.05, 4.69) is 0 Å². The molecule has 0 unspecified atom stereocenters. The zero-order valence-electron chi connectivity index (χ0n) is 15.0. The Bertz CT molecular complexity index is 901. The summed E-state index contributed by atoms with van der Waals surface area (Å²) in [7, 11) is 3.20. The number of methoxy groups -OCH3 is 2. The van der Waals surface area contributed by atoms with Gasteiger partial charge in [-0.25, -0.2) is 0 Å². The van der Waals surface area contributed by atoms with E-state index >= 15 is 0 Å². The summed E-state index contributed by atoms with van der Waals surface area (Å²) in [6, 6.07) is 11.4. The van der Waals surface area contributed by atoms with Crippen LogP contribution in [0.25, 0.3) is 6.08 Å². The van der Waals surface area contributed by atoms with Crippen LogP contribution in [0.3, 0.4) is 0 Å². The number of aryl methyl sites for hydroxylation is 2. The second kappa shape index (κ2) is 7.51. The fourth-order valence-corrected chi connectivity index (χ4v) is 4.17. The molecule has 0 atom stereocenters. The van der Waals surface area contributed by atoms with Gasteiger partial charge in [-0.15, -0.1) is 0 Å². The highest BCUT2D eigenvalue weighted by atomic mass is 32.2. The molecule has 1 heterocycles. The molecule has 26 heavy (non-hydrogen) atoms. The lowest BCUT2D eigenvalue weighted by atomic mass is 10.1. The van der Waals surface area contributed by atoms with Crippen molar-refractivity contribution in [3.63, 3.8) is 0 Å². The highest BCUT2D eigenvalue weighted by Gasteiger charge is 2.35. The number of nitrogens with zero attached hydrogens (tertiary/aromatic N) is 1. The van der Waals surface area contributed by atoms with Gasteiger partial charge in [-0.05, 0) is 49.2 Å². The van der Waals surface area contributed by atoms with Crippen molar-refractivity contribution < 1.29 is 14.3 Å². The molecule has 0 bridgehead atoms. The van der Waals surface area contributed by atoms with Gasteiger partial charge in [-0.2, -0.15) is 0 Å². The maximum Gasteiger partial charge on any atom is 0.270 e. The number of carbonyl (C=O) groups excluding carboxylic acids is 1. The molecule has 6 heteroatoms. The van der Waals surface area contributed by atoms with Crippen molar-refractivity contribution in [2.24, 2.45) is 0 Å². The number of benzene rings is 2. The minimum Gasteiger partial charge on any atom is -0.497 e. The van der Waals surface area contributed by atoms with Crippen LogP contribution in [-0.2, 0) is 4.79 Å². The van der Waals surface area contributed by atoms with Gasteiger partial charge in [0.1, 0.15) is 11.5 Å². The molecule has 2 aromatic rings. The number of rotatable bonds is 4. The number of hydrogen-bond acceptors (Lipinski definition) is 5. The first kappa shape index (κ1) is 18.5. The van der Waals surface area contributed by atoms with Crippen molar-refractivity contribution in [1.29, 1.82) is 0 Å². The normalized spacial score (nSPS) is 15.7. The third-order valence-electron chi connectivity index (χ3n) is 4.18. The minimum atomic E-state index is -0.123. The van der Waals surface area contributed by atoms with Crippen LogP contribution in [0.2, 0.25) is 0 Å². The smallest absolute Gasteiger partial charge is 0.270 e. The fourth-order valence-electron chi connectivity index (χ4n) is 2.91. The number of ether oxygens (including phenoxy) is 2. The van der Waals surface area contributed by atoms with Crippen LogP contribution in [0.1, 0.15) is 16.7 Å². The van der Waals surface area contributed by atoms with E-state index in [1.807, 2.05) is 50.2 Å². The summed E-state index contributed by atoms with van der Waals surface area (Å²) in [6.07, 6.45) is 1.80. The second-order valence-electron chi connectivity index (χ2n) is 5.87. The van der Waals surface area contributed by atoms with Crippen molar-refractivity contribution >= 4 is 46.0 Å². The summed E-state index contributed by atoms with van der Waals surface area (Å²) in [5.41, 5.74) is 3.66. The predicted molar refractivity (Wildman–Crippen MR) is 111 cm³/mol. The van der Waals surface area contributed by atoms with Crippen molar-refractivity contribution in [1.82, 2.24) is 0 Å². The summed E-state index contributed by atoms with van der Waals surface area (Å²) in [5, 5.41) is 0. The maximum absolute atomic E-state index is 13.1. The van der Waals surface area contributed by atoms with Crippen LogP contribution < -0.4 is 14.4 Å². The lowest BCUT2D eigenvalue weighted by Crippen LogP contribution is -2.29. The van der Waals surface area contributed by atoms with Crippen molar-refractivity contribution in [3.8, 4) is 11.5 Å². The SMILES string of the molecule is COc1ccc(OC)c(/C=C2\SC(=S)N(c3c(C)cccc3C)C2=O)c1. The van der Waals surface area contributed by atoms with Gasteiger partial charge in [0.15, 0.2) is 4.32 Å². The van der Waals surface area contributed by atoms with E-state index in [-0.39, 0.29) is 5.91 Å². The molecule has 0 spiro atoms. The number of amides is 1. The van der Waals surface area contributed by atoms with Gasteiger partial charge in [-0.1, -0.05) is 42.2 Å². The van der Waals surface area contributed by atoms with Crippen molar-refractivity contribution in [3.05, 3.63) is 58.0 Å². The summed E-state index contributed by atoms with van der Waals surface area (Å²) in [4.78, 5) is 15.2. The first-order chi connectivity index (χ1) is 12.5.